The monoisotopic (exact) mass is 210 g/mol. The number of nitrogens with one attached hydrogen (secondary N) is 1. The van der Waals surface area contributed by atoms with Crippen LogP contribution in [-0.4, -0.2) is 10.9 Å². The van der Waals surface area contributed by atoms with E-state index in [-0.39, 0.29) is 5.91 Å². The fourth-order valence-corrected chi connectivity index (χ4v) is 0.986. The number of carbonyl (C=O) groups is 1. The van der Waals surface area contributed by atoms with Gasteiger partial charge in [0.2, 0.25) is 5.91 Å². The molecule has 1 amide bonds. The van der Waals surface area contributed by atoms with Crippen molar-refractivity contribution in [2.75, 3.05) is 5.32 Å². The largest absolute Gasteiger partial charge is 0.307 e. The third-order valence-corrected chi connectivity index (χ3v) is 1.62. The van der Waals surface area contributed by atoms with E-state index in [1.165, 1.54) is 12.3 Å². The maximum atomic E-state index is 11.2. The van der Waals surface area contributed by atoms with E-state index in [1.807, 2.05) is 13.8 Å². The number of halogens is 1. The Morgan fingerprint density at radius 1 is 1.50 bits per heavy atom. The van der Waals surface area contributed by atoms with Gasteiger partial charge >= 0.3 is 0 Å². The highest BCUT2D eigenvalue weighted by molar-refractivity contribution is 6.30. The van der Waals surface area contributed by atoms with Crippen LogP contribution < -0.4 is 5.32 Å². The van der Waals surface area contributed by atoms with Crippen LogP contribution in [0, 0.1) is 0 Å². The molecule has 0 aliphatic rings. The second kappa shape index (κ2) is 4.77. The number of nitrogens with zero attached hydrogens (tertiary/aromatic N) is 1. The number of hydrogen-bond donors (Lipinski definition) is 1. The van der Waals surface area contributed by atoms with Crippen molar-refractivity contribution in [2.45, 2.75) is 13.8 Å². The lowest BCUT2D eigenvalue weighted by molar-refractivity contribution is -0.112. The van der Waals surface area contributed by atoms with E-state index in [0.29, 0.717) is 10.8 Å². The molecule has 14 heavy (non-hydrogen) atoms. The molecular formula is C10H11ClN2O. The number of amides is 1. The second-order valence-electron chi connectivity index (χ2n) is 3.07. The van der Waals surface area contributed by atoms with Crippen molar-refractivity contribution in [1.82, 2.24) is 4.98 Å². The lowest BCUT2D eigenvalue weighted by atomic mass is 10.3. The van der Waals surface area contributed by atoms with E-state index < -0.39 is 0 Å². The van der Waals surface area contributed by atoms with Crippen molar-refractivity contribution in [3.8, 4) is 0 Å². The minimum Gasteiger partial charge on any atom is -0.307 e. The molecule has 0 bridgehead atoms. The standard InChI is InChI=1S/C10H11ClN2O/c1-7(2)5-10(14)13-9-4-3-8(11)6-12-9/h3-6H,1-2H3,(H,12,13,14). The van der Waals surface area contributed by atoms with E-state index >= 15 is 0 Å². The highest BCUT2D eigenvalue weighted by Gasteiger charge is 1.98. The summed E-state index contributed by atoms with van der Waals surface area (Å²) >= 11 is 5.65. The van der Waals surface area contributed by atoms with E-state index in [9.17, 15) is 4.79 Å². The highest BCUT2D eigenvalue weighted by Crippen LogP contribution is 2.09. The fourth-order valence-electron chi connectivity index (χ4n) is 0.874. The Bertz CT molecular complexity index is 353. The van der Waals surface area contributed by atoms with Crippen LogP contribution in [0.4, 0.5) is 5.82 Å². The van der Waals surface area contributed by atoms with Crippen molar-refractivity contribution < 1.29 is 4.79 Å². The lowest BCUT2D eigenvalue weighted by Crippen LogP contribution is -2.09. The van der Waals surface area contributed by atoms with Gasteiger partial charge in [-0.1, -0.05) is 17.2 Å². The van der Waals surface area contributed by atoms with E-state index in [4.69, 9.17) is 11.6 Å². The molecule has 0 aromatic carbocycles. The van der Waals surface area contributed by atoms with Crippen LogP contribution in [0.2, 0.25) is 5.02 Å². The van der Waals surface area contributed by atoms with Crippen molar-refractivity contribution in [2.24, 2.45) is 0 Å². The molecule has 0 fully saturated rings. The number of pyridine rings is 1. The van der Waals surface area contributed by atoms with Crippen LogP contribution in [0.1, 0.15) is 13.8 Å². The van der Waals surface area contributed by atoms with Crippen LogP contribution in [0.25, 0.3) is 0 Å². The van der Waals surface area contributed by atoms with Crippen molar-refractivity contribution in [3.05, 3.63) is 35.0 Å². The number of allylic oxidation sites excluding steroid dienone is 1. The van der Waals surface area contributed by atoms with E-state index in [0.717, 1.165) is 5.57 Å². The Labute approximate surface area is 87.8 Å². The van der Waals surface area contributed by atoms with Crippen LogP contribution in [-0.2, 0) is 4.79 Å². The molecule has 1 rings (SSSR count). The first-order valence-electron chi connectivity index (χ1n) is 4.15. The Morgan fingerprint density at radius 2 is 2.21 bits per heavy atom. The van der Waals surface area contributed by atoms with Gasteiger partial charge in [-0.3, -0.25) is 4.79 Å². The third kappa shape index (κ3) is 3.58. The molecule has 0 spiro atoms. The third-order valence-electron chi connectivity index (χ3n) is 1.40. The summed E-state index contributed by atoms with van der Waals surface area (Å²) in [4.78, 5) is 15.2. The van der Waals surface area contributed by atoms with E-state index in [2.05, 4.69) is 10.3 Å². The summed E-state index contributed by atoms with van der Waals surface area (Å²) in [5.41, 5.74) is 0.941. The Balaban J connectivity index is 2.66. The maximum absolute atomic E-state index is 11.2. The van der Waals surface area contributed by atoms with Crippen molar-refractivity contribution in [3.63, 3.8) is 0 Å². The predicted octanol–water partition coefficient (Wildman–Crippen LogP) is 2.64. The molecule has 1 heterocycles. The molecule has 3 nitrogen and oxygen atoms in total. The highest BCUT2D eigenvalue weighted by atomic mass is 35.5. The zero-order chi connectivity index (χ0) is 10.6. The molecular weight excluding hydrogens is 200 g/mol. The van der Waals surface area contributed by atoms with Crippen LogP contribution in [0.5, 0.6) is 0 Å². The van der Waals surface area contributed by atoms with Gasteiger partial charge in [-0.2, -0.15) is 0 Å². The number of aromatic nitrogens is 1. The molecule has 74 valence electrons. The van der Waals surface area contributed by atoms with Crippen LogP contribution >= 0.6 is 11.6 Å². The smallest absolute Gasteiger partial charge is 0.249 e. The van der Waals surface area contributed by atoms with Gasteiger partial charge < -0.3 is 5.32 Å². The second-order valence-corrected chi connectivity index (χ2v) is 3.51. The summed E-state index contributed by atoms with van der Waals surface area (Å²) < 4.78 is 0. The van der Waals surface area contributed by atoms with Gasteiger partial charge in [-0.25, -0.2) is 4.98 Å². The minimum atomic E-state index is -0.181. The zero-order valence-electron chi connectivity index (χ0n) is 8.04. The summed E-state index contributed by atoms with van der Waals surface area (Å²) in [5.74, 6) is 0.316. The maximum Gasteiger partial charge on any atom is 0.249 e. The number of hydrogen-bond acceptors (Lipinski definition) is 2. The molecule has 1 N–H and O–H groups in total. The normalized spacial score (nSPS) is 9.36. The van der Waals surface area contributed by atoms with Gasteiger partial charge in [-0.15, -0.1) is 0 Å². The quantitative estimate of drug-likeness (QED) is 0.763. The number of carbonyl (C=O) groups excluding carboxylic acids is 1. The topological polar surface area (TPSA) is 42.0 Å². The average molecular weight is 211 g/mol. The average Bonchev–Trinajstić information content (AvgIpc) is 2.07. The van der Waals surface area contributed by atoms with Gasteiger partial charge in [0.05, 0.1) is 5.02 Å². The van der Waals surface area contributed by atoms with Gasteiger partial charge in [0.25, 0.3) is 0 Å². The molecule has 0 aliphatic heterocycles. The summed E-state index contributed by atoms with van der Waals surface area (Å²) in [6, 6.07) is 3.33. The minimum absolute atomic E-state index is 0.181. The van der Waals surface area contributed by atoms with Gasteiger partial charge in [0.15, 0.2) is 0 Å². The van der Waals surface area contributed by atoms with Crippen LogP contribution in [0.3, 0.4) is 0 Å². The molecule has 1 aromatic heterocycles. The van der Waals surface area contributed by atoms with Crippen LogP contribution in [0.15, 0.2) is 30.0 Å². The van der Waals surface area contributed by atoms with E-state index in [1.54, 1.807) is 12.1 Å². The molecule has 0 saturated carbocycles. The zero-order valence-corrected chi connectivity index (χ0v) is 8.80. The molecule has 1 aromatic rings. The molecule has 0 saturated heterocycles. The summed E-state index contributed by atoms with van der Waals surface area (Å²) in [5, 5.41) is 3.16. The molecule has 4 heteroatoms. The predicted molar refractivity (Wildman–Crippen MR) is 57.3 cm³/mol. The van der Waals surface area contributed by atoms with Gasteiger partial charge in [0, 0.05) is 12.3 Å². The first kappa shape index (κ1) is 10.7. The summed E-state index contributed by atoms with van der Waals surface area (Å²) in [6.07, 6.45) is 3.00. The van der Waals surface area contributed by atoms with Gasteiger partial charge in [0.1, 0.15) is 5.82 Å². The number of anilines is 1. The first-order chi connectivity index (χ1) is 6.58. The van der Waals surface area contributed by atoms with Gasteiger partial charge in [-0.05, 0) is 26.0 Å². The fraction of sp³-hybridized carbons (Fsp3) is 0.200. The lowest BCUT2D eigenvalue weighted by Gasteiger charge is -2.00. The Kier molecular flexibility index (Phi) is 3.65. The molecule has 0 radical (unpaired) electrons. The Morgan fingerprint density at radius 3 is 2.71 bits per heavy atom. The molecule has 0 aliphatic carbocycles. The summed E-state index contributed by atoms with van der Waals surface area (Å²) in [7, 11) is 0. The van der Waals surface area contributed by atoms with Crippen molar-refractivity contribution in [1.29, 1.82) is 0 Å². The Hall–Kier alpha value is -1.35. The summed E-state index contributed by atoms with van der Waals surface area (Å²) in [6.45, 7) is 3.71. The SMILES string of the molecule is CC(C)=CC(=O)Nc1ccc(Cl)cn1. The van der Waals surface area contributed by atoms with Crippen molar-refractivity contribution >= 4 is 23.3 Å². The molecule has 0 unspecified atom stereocenters. The number of rotatable bonds is 2. The first-order valence-corrected chi connectivity index (χ1v) is 4.53. The molecule has 0 atom stereocenters.